The molecule has 0 N–H and O–H groups in total. The van der Waals surface area contributed by atoms with E-state index in [4.69, 9.17) is 4.52 Å². The summed E-state index contributed by atoms with van der Waals surface area (Å²) in [6.07, 6.45) is 5.65. The highest BCUT2D eigenvalue weighted by molar-refractivity contribution is 5.98. The van der Waals surface area contributed by atoms with Gasteiger partial charge in [0.1, 0.15) is 0 Å². The summed E-state index contributed by atoms with van der Waals surface area (Å²) in [4.78, 5) is 16.1. The molecule has 3 rings (SSSR count). The van der Waals surface area contributed by atoms with Gasteiger partial charge in [0.05, 0.1) is 0 Å². The van der Waals surface area contributed by atoms with Crippen molar-refractivity contribution >= 4 is 5.78 Å². The van der Waals surface area contributed by atoms with Crippen molar-refractivity contribution in [3.63, 3.8) is 0 Å². The number of hydrogen-bond donors (Lipinski definition) is 0. The number of nitrogens with zero attached hydrogens (tertiary/aromatic N) is 3. The number of aromatic nitrogens is 3. The van der Waals surface area contributed by atoms with E-state index in [9.17, 15) is 4.79 Å². The predicted octanol–water partition coefficient (Wildman–Crippen LogP) is 2.27. The molecule has 2 aromatic rings. The van der Waals surface area contributed by atoms with Gasteiger partial charge in [-0.2, -0.15) is 4.98 Å². The first kappa shape index (κ1) is 12.1. The summed E-state index contributed by atoms with van der Waals surface area (Å²) in [5.74, 6) is 0.881. The van der Waals surface area contributed by atoms with Gasteiger partial charge in [0.15, 0.2) is 12.1 Å². The van der Waals surface area contributed by atoms with Crippen molar-refractivity contribution in [2.45, 2.75) is 39.7 Å². The van der Waals surface area contributed by atoms with Crippen LogP contribution in [-0.2, 0) is 19.4 Å². The maximum Gasteiger partial charge on any atom is 0.228 e. The van der Waals surface area contributed by atoms with E-state index >= 15 is 0 Å². The van der Waals surface area contributed by atoms with Crippen molar-refractivity contribution in [3.8, 4) is 0 Å². The Balaban J connectivity index is 1.82. The van der Waals surface area contributed by atoms with E-state index in [1.54, 1.807) is 0 Å². The standard InChI is InChI=1S/C14H17N3O2/c1-14(2)7-11-10(12(18)8-14)3-5-17(11)6-4-13-15-9-16-19-13/h3,5,9H,4,6-8H2,1-2H3. The van der Waals surface area contributed by atoms with Crippen LogP contribution in [0.5, 0.6) is 0 Å². The van der Waals surface area contributed by atoms with Crippen molar-refractivity contribution in [1.82, 2.24) is 14.7 Å². The molecule has 100 valence electrons. The minimum absolute atomic E-state index is 0.0463. The van der Waals surface area contributed by atoms with Gasteiger partial charge in [0.2, 0.25) is 5.89 Å². The zero-order valence-electron chi connectivity index (χ0n) is 11.2. The molecule has 0 unspecified atom stereocenters. The van der Waals surface area contributed by atoms with Crippen LogP contribution in [0, 0.1) is 5.41 Å². The van der Waals surface area contributed by atoms with Crippen LogP contribution in [0.15, 0.2) is 23.1 Å². The van der Waals surface area contributed by atoms with Crippen molar-refractivity contribution in [3.05, 3.63) is 35.7 Å². The number of carbonyl (C=O) groups is 1. The number of ketones is 1. The van der Waals surface area contributed by atoms with Crippen LogP contribution >= 0.6 is 0 Å². The summed E-state index contributed by atoms with van der Waals surface area (Å²) in [6, 6.07) is 1.93. The normalized spacial score (nSPS) is 17.5. The third-order valence-corrected chi connectivity index (χ3v) is 3.64. The highest BCUT2D eigenvalue weighted by Gasteiger charge is 2.32. The van der Waals surface area contributed by atoms with Crippen LogP contribution in [-0.4, -0.2) is 20.5 Å². The maximum atomic E-state index is 12.1. The van der Waals surface area contributed by atoms with Crippen LogP contribution in [0.4, 0.5) is 0 Å². The number of aryl methyl sites for hydroxylation is 2. The monoisotopic (exact) mass is 259 g/mol. The number of Topliss-reactive ketones (excluding diaryl/α,β-unsaturated/α-hetero) is 1. The van der Waals surface area contributed by atoms with Gasteiger partial charge in [-0.1, -0.05) is 19.0 Å². The average molecular weight is 259 g/mol. The molecule has 0 amide bonds. The Kier molecular flexibility index (Phi) is 2.77. The van der Waals surface area contributed by atoms with Gasteiger partial charge in [-0.3, -0.25) is 4.79 Å². The van der Waals surface area contributed by atoms with Gasteiger partial charge in [0.25, 0.3) is 0 Å². The van der Waals surface area contributed by atoms with E-state index in [1.807, 2.05) is 12.3 Å². The first-order valence-electron chi connectivity index (χ1n) is 6.52. The maximum absolute atomic E-state index is 12.1. The minimum Gasteiger partial charge on any atom is -0.350 e. The Morgan fingerprint density at radius 1 is 1.42 bits per heavy atom. The van der Waals surface area contributed by atoms with Gasteiger partial charge in [-0.25, -0.2) is 0 Å². The third-order valence-electron chi connectivity index (χ3n) is 3.64. The van der Waals surface area contributed by atoms with E-state index in [0.29, 0.717) is 18.7 Å². The van der Waals surface area contributed by atoms with E-state index in [1.165, 1.54) is 6.33 Å². The molecule has 0 saturated heterocycles. The zero-order valence-corrected chi connectivity index (χ0v) is 11.2. The van der Waals surface area contributed by atoms with Crippen molar-refractivity contribution < 1.29 is 9.32 Å². The van der Waals surface area contributed by atoms with Crippen LogP contribution in [0.2, 0.25) is 0 Å². The summed E-state index contributed by atoms with van der Waals surface area (Å²) >= 11 is 0. The largest absolute Gasteiger partial charge is 0.350 e. The van der Waals surface area contributed by atoms with Crippen molar-refractivity contribution in [1.29, 1.82) is 0 Å². The first-order chi connectivity index (χ1) is 9.05. The minimum atomic E-state index is 0.0463. The lowest BCUT2D eigenvalue weighted by atomic mass is 9.76. The fourth-order valence-electron chi connectivity index (χ4n) is 2.73. The van der Waals surface area contributed by atoms with Crippen LogP contribution < -0.4 is 0 Å². The molecule has 0 spiro atoms. The average Bonchev–Trinajstić information content (AvgIpc) is 2.93. The van der Waals surface area contributed by atoms with Crippen LogP contribution in [0.25, 0.3) is 0 Å². The molecule has 1 aliphatic carbocycles. The molecule has 5 heteroatoms. The Labute approximate surface area is 111 Å². The van der Waals surface area contributed by atoms with Gasteiger partial charge in [-0.05, 0) is 17.9 Å². The number of carbonyl (C=O) groups excluding carboxylic acids is 1. The number of hydrogen-bond acceptors (Lipinski definition) is 4. The van der Waals surface area contributed by atoms with Crippen molar-refractivity contribution in [2.24, 2.45) is 5.41 Å². The van der Waals surface area contributed by atoms with E-state index < -0.39 is 0 Å². The second kappa shape index (κ2) is 4.33. The quantitative estimate of drug-likeness (QED) is 0.848. The molecule has 5 nitrogen and oxygen atoms in total. The predicted molar refractivity (Wildman–Crippen MR) is 68.9 cm³/mol. The molecule has 0 aromatic carbocycles. The lowest BCUT2D eigenvalue weighted by Crippen LogP contribution is -2.28. The van der Waals surface area contributed by atoms with Gasteiger partial charge in [-0.15, -0.1) is 0 Å². The molecule has 0 fully saturated rings. The molecular weight excluding hydrogens is 242 g/mol. The molecule has 0 radical (unpaired) electrons. The molecule has 19 heavy (non-hydrogen) atoms. The van der Waals surface area contributed by atoms with E-state index in [0.717, 1.165) is 24.2 Å². The molecule has 0 bridgehead atoms. The summed E-state index contributed by atoms with van der Waals surface area (Å²) < 4.78 is 7.13. The fourth-order valence-corrected chi connectivity index (χ4v) is 2.73. The summed E-state index contributed by atoms with van der Waals surface area (Å²) in [5.41, 5.74) is 2.07. The van der Waals surface area contributed by atoms with Crippen LogP contribution in [0.3, 0.4) is 0 Å². The zero-order chi connectivity index (χ0) is 13.5. The molecular formula is C14H17N3O2. The SMILES string of the molecule is CC1(C)CC(=O)c2ccn(CCc3ncno3)c2C1. The molecule has 1 aliphatic rings. The topological polar surface area (TPSA) is 60.9 Å². The Bertz CT molecular complexity index is 596. The molecule has 0 atom stereocenters. The van der Waals surface area contributed by atoms with Gasteiger partial charge in [0, 0.05) is 36.8 Å². The lowest BCUT2D eigenvalue weighted by Gasteiger charge is -2.29. The molecule has 0 saturated carbocycles. The fraction of sp³-hybridized carbons (Fsp3) is 0.500. The van der Waals surface area contributed by atoms with E-state index in [2.05, 4.69) is 28.6 Å². The van der Waals surface area contributed by atoms with E-state index in [-0.39, 0.29) is 11.2 Å². The first-order valence-corrected chi connectivity index (χ1v) is 6.52. The van der Waals surface area contributed by atoms with Crippen molar-refractivity contribution in [2.75, 3.05) is 0 Å². The van der Waals surface area contributed by atoms with Crippen LogP contribution in [0.1, 0.15) is 42.2 Å². The second-order valence-corrected chi connectivity index (χ2v) is 5.90. The summed E-state index contributed by atoms with van der Waals surface area (Å²) in [7, 11) is 0. The highest BCUT2D eigenvalue weighted by atomic mass is 16.5. The highest BCUT2D eigenvalue weighted by Crippen LogP contribution is 2.35. The smallest absolute Gasteiger partial charge is 0.228 e. The Hall–Kier alpha value is -1.91. The number of rotatable bonds is 3. The molecule has 0 aliphatic heterocycles. The Morgan fingerprint density at radius 2 is 2.26 bits per heavy atom. The molecule has 2 heterocycles. The van der Waals surface area contributed by atoms with Gasteiger partial charge < -0.3 is 9.09 Å². The second-order valence-electron chi connectivity index (χ2n) is 5.90. The summed E-state index contributed by atoms with van der Waals surface area (Å²) in [6.45, 7) is 5.05. The lowest BCUT2D eigenvalue weighted by molar-refractivity contribution is 0.0910. The number of fused-ring (bicyclic) bond motifs is 1. The Morgan fingerprint density at radius 3 is 3.00 bits per heavy atom. The third kappa shape index (κ3) is 2.32. The van der Waals surface area contributed by atoms with Gasteiger partial charge >= 0.3 is 0 Å². The molecule has 2 aromatic heterocycles. The summed E-state index contributed by atoms with van der Waals surface area (Å²) in [5, 5.41) is 3.60.